The normalized spacial score (nSPS) is 31.2. The zero-order valence-corrected chi connectivity index (χ0v) is 16.3. The molecule has 0 radical (unpaired) electrons. The van der Waals surface area contributed by atoms with Crippen LogP contribution in [0.4, 0.5) is 0 Å². The highest BCUT2D eigenvalue weighted by Crippen LogP contribution is 2.39. The molecule has 2 heterocycles. The fourth-order valence-corrected chi connectivity index (χ4v) is 3.78. The summed E-state index contributed by atoms with van der Waals surface area (Å²) in [5.41, 5.74) is 0.483. The van der Waals surface area contributed by atoms with E-state index in [1.54, 1.807) is 4.90 Å². The van der Waals surface area contributed by atoms with Crippen LogP contribution in [0, 0.1) is 5.41 Å². The Labute approximate surface area is 148 Å². The van der Waals surface area contributed by atoms with Crippen molar-refractivity contribution in [3.63, 3.8) is 0 Å². The minimum absolute atomic E-state index is 0.0483. The second kappa shape index (κ2) is 6.94. The highest BCUT2D eigenvalue weighted by Gasteiger charge is 2.51. The van der Waals surface area contributed by atoms with E-state index in [2.05, 4.69) is 44.3 Å². The van der Waals surface area contributed by atoms with Crippen molar-refractivity contribution in [2.75, 3.05) is 13.3 Å². The number of rotatable bonds is 4. The zero-order chi connectivity index (χ0) is 19.0. The topological polar surface area (TPSA) is 131 Å². The predicted molar refractivity (Wildman–Crippen MR) is 95.3 cm³/mol. The summed E-state index contributed by atoms with van der Waals surface area (Å²) in [5, 5.41) is 42.5. The van der Waals surface area contributed by atoms with Crippen LogP contribution in [-0.4, -0.2) is 71.9 Å². The van der Waals surface area contributed by atoms with Crippen molar-refractivity contribution in [2.45, 2.75) is 57.3 Å². The molecule has 0 aromatic heterocycles. The SMILES string of the molecule is CC(C)(C)[Si](C)(C)OC1/C(=N/O)[C@@H](CO)O[C@H]1N1CNC(=CO)C1=N. The van der Waals surface area contributed by atoms with Crippen molar-refractivity contribution >= 4 is 19.9 Å². The third kappa shape index (κ3) is 3.52. The lowest BCUT2D eigenvalue weighted by Crippen LogP contribution is -2.52. The van der Waals surface area contributed by atoms with Crippen molar-refractivity contribution in [1.29, 1.82) is 5.41 Å². The molecule has 0 aliphatic carbocycles. The molecule has 9 nitrogen and oxygen atoms in total. The summed E-state index contributed by atoms with van der Waals surface area (Å²) in [6, 6.07) is 0. The van der Waals surface area contributed by atoms with Crippen LogP contribution in [-0.2, 0) is 9.16 Å². The van der Waals surface area contributed by atoms with Crippen molar-refractivity contribution in [1.82, 2.24) is 10.2 Å². The van der Waals surface area contributed by atoms with E-state index in [1.807, 2.05) is 0 Å². The molecule has 0 amide bonds. The van der Waals surface area contributed by atoms with Gasteiger partial charge in [0.25, 0.3) is 0 Å². The molecule has 2 aliphatic heterocycles. The lowest BCUT2D eigenvalue weighted by Gasteiger charge is -2.40. The molecule has 2 aliphatic rings. The zero-order valence-electron chi connectivity index (χ0n) is 15.3. The van der Waals surface area contributed by atoms with Crippen LogP contribution in [0.2, 0.25) is 18.1 Å². The van der Waals surface area contributed by atoms with Gasteiger partial charge < -0.3 is 34.8 Å². The summed E-state index contributed by atoms with van der Waals surface area (Å²) in [5.74, 6) is 0.0483. The Morgan fingerprint density at radius 2 is 2.12 bits per heavy atom. The Kier molecular flexibility index (Phi) is 5.47. The van der Waals surface area contributed by atoms with Gasteiger partial charge in [0, 0.05) is 0 Å². The maximum absolute atomic E-state index is 9.57. The molecule has 0 aromatic carbocycles. The Hall–Kier alpha value is -1.62. The summed E-state index contributed by atoms with van der Waals surface area (Å²) >= 11 is 0. The Morgan fingerprint density at radius 3 is 2.56 bits per heavy atom. The fraction of sp³-hybridized carbons (Fsp3) is 0.733. The monoisotopic (exact) mass is 372 g/mol. The van der Waals surface area contributed by atoms with Gasteiger partial charge in [0.15, 0.2) is 20.4 Å². The third-order valence-electron chi connectivity index (χ3n) is 5.11. The Bertz CT molecular complexity index is 587. The minimum Gasteiger partial charge on any atom is -0.513 e. The second-order valence-corrected chi connectivity index (χ2v) is 12.5. The molecule has 0 spiro atoms. The lowest BCUT2D eigenvalue weighted by molar-refractivity contribution is -0.0657. The van der Waals surface area contributed by atoms with E-state index in [0.29, 0.717) is 0 Å². The molecule has 0 saturated carbocycles. The molecule has 10 heteroatoms. The van der Waals surface area contributed by atoms with Gasteiger partial charge >= 0.3 is 0 Å². The van der Waals surface area contributed by atoms with Crippen molar-refractivity contribution < 1.29 is 24.6 Å². The Morgan fingerprint density at radius 1 is 1.48 bits per heavy atom. The number of hydrogen-bond acceptors (Lipinski definition) is 8. The van der Waals surface area contributed by atoms with Gasteiger partial charge in [-0.2, -0.15) is 0 Å². The number of aliphatic hydroxyl groups is 2. The number of amidine groups is 1. The molecule has 3 atom stereocenters. The van der Waals surface area contributed by atoms with E-state index in [0.717, 1.165) is 6.26 Å². The first-order chi connectivity index (χ1) is 11.6. The molecule has 142 valence electrons. The van der Waals surface area contributed by atoms with Crippen LogP contribution in [0.5, 0.6) is 0 Å². The second-order valence-electron chi connectivity index (χ2n) is 7.72. The van der Waals surface area contributed by atoms with Gasteiger partial charge in [0.05, 0.1) is 13.3 Å². The van der Waals surface area contributed by atoms with Gasteiger partial charge in [-0.3, -0.25) is 5.41 Å². The first-order valence-electron chi connectivity index (χ1n) is 8.17. The van der Waals surface area contributed by atoms with Crippen LogP contribution >= 0.6 is 0 Å². The summed E-state index contributed by atoms with van der Waals surface area (Å²) < 4.78 is 12.2. The number of oxime groups is 1. The van der Waals surface area contributed by atoms with Gasteiger partial charge in [-0.1, -0.05) is 25.9 Å². The van der Waals surface area contributed by atoms with E-state index in [-0.39, 0.29) is 35.6 Å². The molecular weight excluding hydrogens is 344 g/mol. The molecule has 0 bridgehead atoms. The first-order valence-corrected chi connectivity index (χ1v) is 11.1. The molecule has 2 saturated heterocycles. The van der Waals surface area contributed by atoms with Crippen LogP contribution in [0.3, 0.4) is 0 Å². The minimum atomic E-state index is -2.25. The first kappa shape index (κ1) is 19.7. The smallest absolute Gasteiger partial charge is 0.193 e. The molecule has 1 unspecified atom stereocenters. The van der Waals surface area contributed by atoms with Crippen LogP contribution in [0.15, 0.2) is 17.1 Å². The lowest BCUT2D eigenvalue weighted by atomic mass is 10.1. The van der Waals surface area contributed by atoms with Crippen LogP contribution in [0.25, 0.3) is 0 Å². The molecule has 0 aromatic rings. The highest BCUT2D eigenvalue weighted by atomic mass is 28.4. The third-order valence-corrected chi connectivity index (χ3v) is 9.57. The van der Waals surface area contributed by atoms with Gasteiger partial charge in [0.1, 0.15) is 29.9 Å². The van der Waals surface area contributed by atoms with Crippen LogP contribution < -0.4 is 5.32 Å². The summed E-state index contributed by atoms with van der Waals surface area (Å²) in [6.07, 6.45) is -1.44. The summed E-state index contributed by atoms with van der Waals surface area (Å²) in [6.45, 7) is 10.3. The predicted octanol–water partition coefficient (Wildman–Crippen LogP) is 1.16. The van der Waals surface area contributed by atoms with Gasteiger partial charge in [0.2, 0.25) is 0 Å². The van der Waals surface area contributed by atoms with E-state index < -0.39 is 26.8 Å². The fourth-order valence-electron chi connectivity index (χ4n) is 2.56. The largest absolute Gasteiger partial charge is 0.513 e. The van der Waals surface area contributed by atoms with E-state index in [1.165, 1.54) is 0 Å². The maximum Gasteiger partial charge on any atom is 0.193 e. The number of nitrogens with one attached hydrogen (secondary N) is 2. The van der Waals surface area contributed by atoms with Crippen molar-refractivity contribution in [3.05, 3.63) is 12.0 Å². The van der Waals surface area contributed by atoms with Gasteiger partial charge in [-0.05, 0) is 18.1 Å². The summed E-state index contributed by atoms with van der Waals surface area (Å²) in [7, 11) is -2.25. The molecule has 5 N–H and O–H groups in total. The quantitative estimate of drug-likeness (QED) is 0.217. The van der Waals surface area contributed by atoms with Crippen molar-refractivity contribution in [3.8, 4) is 0 Å². The number of nitrogens with zero attached hydrogens (tertiary/aromatic N) is 2. The Balaban J connectivity index is 2.35. The molecular formula is C15H28N4O5Si. The number of ether oxygens (including phenoxy) is 1. The standard InChI is InChI=1S/C15H28N4O5Si/c1-15(2,3)25(4,5)24-12-11(18-22)10(7-21)23-14(12)19-8-17-9(6-20)13(19)16/h6,10,12,14,16-17,20-22H,7-8H2,1-5H3/b9-6?,16-13?,18-11+/t10-,12?,14-/m1/s1. The van der Waals surface area contributed by atoms with Gasteiger partial charge in [-0.25, -0.2) is 0 Å². The van der Waals surface area contributed by atoms with E-state index in [9.17, 15) is 15.4 Å². The van der Waals surface area contributed by atoms with Gasteiger partial charge in [-0.15, -0.1) is 0 Å². The highest BCUT2D eigenvalue weighted by molar-refractivity contribution is 6.74. The van der Waals surface area contributed by atoms with Crippen LogP contribution in [0.1, 0.15) is 20.8 Å². The molecule has 25 heavy (non-hydrogen) atoms. The van der Waals surface area contributed by atoms with E-state index in [4.69, 9.17) is 14.6 Å². The average Bonchev–Trinajstić information content (AvgIpc) is 3.05. The maximum atomic E-state index is 9.57. The van der Waals surface area contributed by atoms with Crippen molar-refractivity contribution in [2.24, 2.45) is 5.16 Å². The number of aliphatic hydroxyl groups excluding tert-OH is 2. The molecule has 2 rings (SSSR count). The molecule has 2 fully saturated rings. The average molecular weight is 372 g/mol. The summed E-state index contributed by atoms with van der Waals surface area (Å²) in [4.78, 5) is 1.57. The van der Waals surface area contributed by atoms with E-state index >= 15 is 0 Å². The number of hydrogen-bond donors (Lipinski definition) is 5.